The van der Waals surface area contributed by atoms with E-state index in [1.165, 1.54) is 0 Å². The molecule has 0 spiro atoms. The van der Waals surface area contributed by atoms with Crippen molar-refractivity contribution in [1.82, 2.24) is 4.57 Å². The van der Waals surface area contributed by atoms with Crippen molar-refractivity contribution in [3.8, 4) is 0 Å². The van der Waals surface area contributed by atoms with Crippen molar-refractivity contribution in [2.75, 3.05) is 0 Å². The van der Waals surface area contributed by atoms with Gasteiger partial charge in [0.2, 0.25) is 0 Å². The van der Waals surface area contributed by atoms with E-state index in [0.717, 1.165) is 33.5 Å². The summed E-state index contributed by atoms with van der Waals surface area (Å²) >= 11 is 0. The van der Waals surface area contributed by atoms with Crippen LogP contribution in [0.2, 0.25) is 0 Å². The lowest BCUT2D eigenvalue weighted by atomic mass is 10.1. The molecule has 2 aromatic carbocycles. The molecule has 1 aromatic heterocycles. The van der Waals surface area contributed by atoms with Crippen molar-refractivity contribution < 1.29 is 14.1 Å². The van der Waals surface area contributed by atoms with Gasteiger partial charge in [-0.05, 0) is 30.0 Å². The van der Waals surface area contributed by atoms with Crippen LogP contribution >= 0.6 is 0 Å². The first-order valence-electron chi connectivity index (χ1n) is 8.41. The van der Waals surface area contributed by atoms with E-state index < -0.39 is 16.8 Å². The monoisotopic (exact) mass is 353 g/mol. The Morgan fingerprint density at radius 2 is 1.84 bits per heavy atom. The molecule has 1 aliphatic rings. The van der Waals surface area contributed by atoms with Crippen molar-refractivity contribution >= 4 is 27.7 Å². The number of aliphatic carboxylic acids is 1. The lowest BCUT2D eigenvalue weighted by molar-refractivity contribution is -0.137. The van der Waals surface area contributed by atoms with Crippen LogP contribution in [0.1, 0.15) is 24.0 Å². The molecule has 4 nitrogen and oxygen atoms in total. The second-order valence-electron chi connectivity index (χ2n) is 6.43. The Morgan fingerprint density at radius 1 is 1.12 bits per heavy atom. The minimum Gasteiger partial charge on any atom is -0.481 e. The molecule has 0 amide bonds. The molecule has 4 rings (SSSR count). The molecule has 2 atom stereocenters. The van der Waals surface area contributed by atoms with Crippen LogP contribution in [0.3, 0.4) is 0 Å². The average molecular weight is 353 g/mol. The maximum Gasteiger partial charge on any atom is 0.304 e. The number of nitrogens with zero attached hydrogens (tertiary/aromatic N) is 1. The fourth-order valence-electron chi connectivity index (χ4n) is 3.69. The second-order valence-corrected chi connectivity index (χ2v) is 8.08. The third-order valence-corrected chi connectivity index (χ3v) is 6.67. The smallest absolute Gasteiger partial charge is 0.304 e. The molecule has 0 saturated carbocycles. The van der Waals surface area contributed by atoms with Crippen LogP contribution in [0.15, 0.2) is 59.6 Å². The SMILES string of the molecule is O=C(O)CC1CCc2c(n(Cc3ccccc3)c3ccccc23)S1=O. The van der Waals surface area contributed by atoms with E-state index >= 15 is 0 Å². The van der Waals surface area contributed by atoms with Gasteiger partial charge in [-0.25, -0.2) is 0 Å². The highest BCUT2D eigenvalue weighted by molar-refractivity contribution is 7.85. The molecule has 3 aromatic rings. The molecule has 5 heteroatoms. The summed E-state index contributed by atoms with van der Waals surface area (Å²) in [6.07, 6.45) is 1.39. The van der Waals surface area contributed by atoms with Crippen LogP contribution in [0.4, 0.5) is 0 Å². The number of rotatable bonds is 4. The predicted octanol–water partition coefficient (Wildman–Crippen LogP) is 3.59. The highest BCUT2D eigenvalue weighted by Gasteiger charge is 2.33. The van der Waals surface area contributed by atoms with Gasteiger partial charge in [-0.1, -0.05) is 48.5 Å². The Kier molecular flexibility index (Phi) is 4.17. The van der Waals surface area contributed by atoms with Crippen molar-refractivity contribution in [2.45, 2.75) is 36.1 Å². The maximum atomic E-state index is 13.2. The summed E-state index contributed by atoms with van der Waals surface area (Å²) in [4.78, 5) is 11.1. The topological polar surface area (TPSA) is 59.3 Å². The number of carboxylic acids is 1. The Balaban J connectivity index is 1.86. The summed E-state index contributed by atoms with van der Waals surface area (Å²) in [5, 5.41) is 10.8. The normalized spacial score (nSPS) is 19.7. The summed E-state index contributed by atoms with van der Waals surface area (Å²) in [6, 6.07) is 18.2. The van der Waals surface area contributed by atoms with Crippen molar-refractivity contribution in [3.63, 3.8) is 0 Å². The van der Waals surface area contributed by atoms with Crippen molar-refractivity contribution in [1.29, 1.82) is 0 Å². The molecule has 0 fully saturated rings. The van der Waals surface area contributed by atoms with Gasteiger partial charge < -0.3 is 9.67 Å². The van der Waals surface area contributed by atoms with E-state index in [1.807, 2.05) is 30.3 Å². The van der Waals surface area contributed by atoms with E-state index in [0.29, 0.717) is 13.0 Å². The Labute approximate surface area is 148 Å². The quantitative estimate of drug-likeness (QED) is 0.780. The maximum absolute atomic E-state index is 13.2. The summed E-state index contributed by atoms with van der Waals surface area (Å²) < 4.78 is 15.3. The van der Waals surface area contributed by atoms with Gasteiger partial charge in [0.05, 0.1) is 22.5 Å². The van der Waals surface area contributed by atoms with Gasteiger partial charge >= 0.3 is 5.97 Å². The van der Waals surface area contributed by atoms with Crippen LogP contribution in [-0.4, -0.2) is 25.1 Å². The van der Waals surface area contributed by atoms with Gasteiger partial charge in [-0.2, -0.15) is 0 Å². The molecule has 25 heavy (non-hydrogen) atoms. The van der Waals surface area contributed by atoms with Crippen LogP contribution in [0, 0.1) is 0 Å². The number of benzene rings is 2. The fourth-order valence-corrected chi connectivity index (χ4v) is 5.47. The number of carboxylic acid groups (broad SMARTS) is 1. The summed E-state index contributed by atoms with van der Waals surface area (Å²) in [5.74, 6) is -0.882. The minimum absolute atomic E-state index is 0.0427. The first-order valence-corrected chi connectivity index (χ1v) is 9.63. The Bertz CT molecular complexity index is 962. The number of fused-ring (bicyclic) bond motifs is 3. The largest absolute Gasteiger partial charge is 0.481 e. The Morgan fingerprint density at radius 3 is 2.60 bits per heavy atom. The number of aromatic nitrogens is 1. The lowest BCUT2D eigenvalue weighted by Crippen LogP contribution is -2.26. The van der Waals surface area contributed by atoms with Gasteiger partial charge in [0.25, 0.3) is 0 Å². The first-order chi connectivity index (χ1) is 12.1. The number of aryl methyl sites for hydroxylation is 1. The molecule has 2 heterocycles. The Hall–Kier alpha value is -2.40. The molecule has 2 unspecified atom stereocenters. The number of para-hydroxylation sites is 1. The van der Waals surface area contributed by atoms with E-state index in [9.17, 15) is 9.00 Å². The predicted molar refractivity (Wildman–Crippen MR) is 98.3 cm³/mol. The van der Waals surface area contributed by atoms with Crippen LogP contribution in [0.25, 0.3) is 10.9 Å². The number of hydrogen-bond acceptors (Lipinski definition) is 2. The van der Waals surface area contributed by atoms with Gasteiger partial charge in [0.15, 0.2) is 0 Å². The molecular weight excluding hydrogens is 334 g/mol. The second kappa shape index (κ2) is 6.48. The molecule has 1 N–H and O–H groups in total. The molecular formula is C20H19NO3S. The van der Waals surface area contributed by atoms with Gasteiger partial charge in [-0.15, -0.1) is 0 Å². The van der Waals surface area contributed by atoms with Gasteiger partial charge in [-0.3, -0.25) is 9.00 Å². The molecule has 0 aliphatic carbocycles. The summed E-state index contributed by atoms with van der Waals surface area (Å²) in [6.45, 7) is 0.641. The van der Waals surface area contributed by atoms with Gasteiger partial charge in [0, 0.05) is 17.4 Å². The molecule has 0 bridgehead atoms. The molecule has 0 saturated heterocycles. The molecule has 0 radical (unpaired) electrons. The van der Waals surface area contributed by atoms with E-state index in [2.05, 4.69) is 28.8 Å². The van der Waals surface area contributed by atoms with E-state index in [-0.39, 0.29) is 11.7 Å². The molecule has 1 aliphatic heterocycles. The lowest BCUT2D eigenvalue weighted by Gasteiger charge is -2.22. The van der Waals surface area contributed by atoms with Crippen LogP contribution < -0.4 is 0 Å². The minimum atomic E-state index is -1.31. The van der Waals surface area contributed by atoms with E-state index in [1.54, 1.807) is 0 Å². The standard InChI is InChI=1S/C20H19NO3S/c22-19(23)12-15-10-11-17-16-8-4-5-9-18(16)21(20(17)25(15)24)13-14-6-2-1-3-7-14/h1-9,15H,10-13H2,(H,22,23). The average Bonchev–Trinajstić information content (AvgIpc) is 2.93. The zero-order valence-corrected chi connectivity index (χ0v) is 14.5. The third-order valence-electron chi connectivity index (χ3n) is 4.82. The molecule has 128 valence electrons. The van der Waals surface area contributed by atoms with Crippen molar-refractivity contribution in [2.24, 2.45) is 0 Å². The third kappa shape index (κ3) is 2.89. The van der Waals surface area contributed by atoms with E-state index in [4.69, 9.17) is 5.11 Å². The highest BCUT2D eigenvalue weighted by Crippen LogP contribution is 2.36. The number of hydrogen-bond donors (Lipinski definition) is 1. The zero-order chi connectivity index (χ0) is 17.4. The van der Waals surface area contributed by atoms with Crippen LogP contribution in [0.5, 0.6) is 0 Å². The summed E-state index contributed by atoms with van der Waals surface area (Å²) in [5.41, 5.74) is 3.33. The fraction of sp³-hybridized carbons (Fsp3) is 0.250. The van der Waals surface area contributed by atoms with Gasteiger partial charge in [0.1, 0.15) is 5.03 Å². The van der Waals surface area contributed by atoms with Crippen molar-refractivity contribution in [3.05, 3.63) is 65.7 Å². The first kappa shape index (κ1) is 16.1. The zero-order valence-electron chi connectivity index (χ0n) is 13.7. The highest BCUT2D eigenvalue weighted by atomic mass is 32.2. The van der Waals surface area contributed by atoms with Crippen LogP contribution in [-0.2, 0) is 28.6 Å². The number of carbonyl (C=O) groups is 1. The summed E-state index contributed by atoms with van der Waals surface area (Å²) in [7, 11) is -1.31.